The van der Waals surface area contributed by atoms with E-state index in [0.29, 0.717) is 6.42 Å². The minimum Gasteiger partial charge on any atom is -0.455 e. The average molecular weight is 203 g/mol. The molecular formula is C9H17NO4. The highest BCUT2D eigenvalue weighted by Gasteiger charge is 2.34. The van der Waals surface area contributed by atoms with E-state index < -0.39 is 18.1 Å². The summed E-state index contributed by atoms with van der Waals surface area (Å²) >= 11 is 0. The molecule has 0 aromatic carbocycles. The summed E-state index contributed by atoms with van der Waals surface area (Å²) in [5.41, 5.74) is 0. The van der Waals surface area contributed by atoms with Gasteiger partial charge in [-0.15, -0.1) is 0 Å². The molecule has 2 atom stereocenters. The van der Waals surface area contributed by atoms with E-state index in [1.54, 1.807) is 20.8 Å². The number of nitrogens with zero attached hydrogens (tertiary/aromatic N) is 1. The lowest BCUT2D eigenvalue weighted by atomic mass is 9.98. The Balaban J connectivity index is 4.60. The van der Waals surface area contributed by atoms with Gasteiger partial charge in [-0.25, -0.2) is 0 Å². The Morgan fingerprint density at radius 3 is 2.21 bits per heavy atom. The van der Waals surface area contributed by atoms with E-state index >= 15 is 0 Å². The standard InChI is InChI=1S/C9H17NO4/c1-5-8(10(12)13)9(6(2)3)14-7(4)11/h6,8-9H,5H2,1-4H3/t8-,9-/m1/s1. The highest BCUT2D eigenvalue weighted by Crippen LogP contribution is 2.16. The second kappa shape index (κ2) is 5.57. The van der Waals surface area contributed by atoms with Crippen LogP contribution in [-0.2, 0) is 9.53 Å². The molecule has 0 unspecified atom stereocenters. The lowest BCUT2D eigenvalue weighted by molar-refractivity contribution is -0.536. The van der Waals surface area contributed by atoms with Gasteiger partial charge in [0.25, 0.3) is 0 Å². The van der Waals surface area contributed by atoms with Gasteiger partial charge in [0, 0.05) is 18.3 Å². The quantitative estimate of drug-likeness (QED) is 0.387. The summed E-state index contributed by atoms with van der Waals surface area (Å²) in [5, 5.41) is 10.7. The van der Waals surface area contributed by atoms with Gasteiger partial charge in [0.15, 0.2) is 6.10 Å². The van der Waals surface area contributed by atoms with E-state index in [-0.39, 0.29) is 10.8 Å². The second-order valence-corrected chi connectivity index (χ2v) is 3.58. The highest BCUT2D eigenvalue weighted by molar-refractivity contribution is 5.66. The lowest BCUT2D eigenvalue weighted by Gasteiger charge is -2.22. The molecule has 5 heteroatoms. The van der Waals surface area contributed by atoms with E-state index in [4.69, 9.17) is 4.74 Å². The van der Waals surface area contributed by atoms with Crippen LogP contribution in [0.1, 0.15) is 34.1 Å². The van der Waals surface area contributed by atoms with Crippen LogP contribution in [-0.4, -0.2) is 23.0 Å². The van der Waals surface area contributed by atoms with Gasteiger partial charge in [0.1, 0.15) is 0 Å². The Hall–Kier alpha value is -1.13. The zero-order valence-electron chi connectivity index (χ0n) is 9.02. The van der Waals surface area contributed by atoms with Crippen LogP contribution < -0.4 is 0 Å². The molecule has 0 rings (SSSR count). The molecule has 0 aromatic rings. The fraction of sp³-hybridized carbons (Fsp3) is 0.889. The predicted molar refractivity (Wildman–Crippen MR) is 51.5 cm³/mol. The van der Waals surface area contributed by atoms with Crippen LogP contribution in [0.3, 0.4) is 0 Å². The van der Waals surface area contributed by atoms with Crippen LogP contribution in [0.25, 0.3) is 0 Å². The van der Waals surface area contributed by atoms with Crippen LogP contribution >= 0.6 is 0 Å². The lowest BCUT2D eigenvalue weighted by Crippen LogP contribution is -2.40. The summed E-state index contributed by atoms with van der Waals surface area (Å²) in [6.07, 6.45) is -0.268. The van der Waals surface area contributed by atoms with Crippen LogP contribution in [0, 0.1) is 16.0 Å². The molecule has 0 aliphatic carbocycles. The molecule has 0 radical (unpaired) electrons. The van der Waals surface area contributed by atoms with Crippen LogP contribution in [0.2, 0.25) is 0 Å². The largest absolute Gasteiger partial charge is 0.455 e. The number of ether oxygens (including phenoxy) is 1. The monoisotopic (exact) mass is 203 g/mol. The van der Waals surface area contributed by atoms with Crippen LogP contribution in [0.4, 0.5) is 0 Å². The maximum Gasteiger partial charge on any atom is 0.303 e. The summed E-state index contributed by atoms with van der Waals surface area (Å²) in [5.74, 6) is -0.516. The maximum absolute atomic E-state index is 10.8. The first-order valence-corrected chi connectivity index (χ1v) is 4.70. The molecule has 0 fully saturated rings. The van der Waals surface area contributed by atoms with E-state index in [1.165, 1.54) is 6.92 Å². The Labute approximate surface area is 83.6 Å². The number of carbonyl (C=O) groups excluding carboxylic acids is 1. The van der Waals surface area contributed by atoms with E-state index in [0.717, 1.165) is 0 Å². The van der Waals surface area contributed by atoms with E-state index in [9.17, 15) is 14.9 Å². The molecular weight excluding hydrogens is 186 g/mol. The van der Waals surface area contributed by atoms with Gasteiger partial charge in [-0.2, -0.15) is 0 Å². The van der Waals surface area contributed by atoms with Gasteiger partial charge < -0.3 is 4.74 Å². The van der Waals surface area contributed by atoms with E-state index in [2.05, 4.69) is 0 Å². The fourth-order valence-electron chi connectivity index (χ4n) is 1.35. The Bertz CT molecular complexity index is 215. The summed E-state index contributed by atoms with van der Waals surface area (Å²) < 4.78 is 4.95. The summed E-state index contributed by atoms with van der Waals surface area (Å²) in [7, 11) is 0. The van der Waals surface area contributed by atoms with Gasteiger partial charge >= 0.3 is 5.97 Å². The third kappa shape index (κ3) is 3.72. The normalized spacial score (nSPS) is 14.9. The Kier molecular flexibility index (Phi) is 5.12. The van der Waals surface area contributed by atoms with Crippen molar-refractivity contribution in [1.29, 1.82) is 0 Å². The smallest absolute Gasteiger partial charge is 0.303 e. The van der Waals surface area contributed by atoms with Gasteiger partial charge in [0.05, 0.1) is 0 Å². The first-order valence-electron chi connectivity index (χ1n) is 4.70. The number of hydrogen-bond acceptors (Lipinski definition) is 4. The fourth-order valence-corrected chi connectivity index (χ4v) is 1.35. The molecule has 14 heavy (non-hydrogen) atoms. The van der Waals surface area contributed by atoms with Crippen molar-refractivity contribution in [3.63, 3.8) is 0 Å². The van der Waals surface area contributed by atoms with Gasteiger partial charge in [0.2, 0.25) is 6.04 Å². The molecule has 5 nitrogen and oxygen atoms in total. The minimum absolute atomic E-state index is 0.0470. The van der Waals surface area contributed by atoms with Crippen molar-refractivity contribution in [3.8, 4) is 0 Å². The molecule has 82 valence electrons. The van der Waals surface area contributed by atoms with E-state index in [1.807, 2.05) is 0 Å². The average Bonchev–Trinajstić information content (AvgIpc) is 2.02. The van der Waals surface area contributed by atoms with Crippen molar-refractivity contribution in [2.45, 2.75) is 46.3 Å². The first kappa shape index (κ1) is 12.9. The minimum atomic E-state index is -0.807. The zero-order chi connectivity index (χ0) is 11.3. The van der Waals surface area contributed by atoms with Crippen molar-refractivity contribution in [1.82, 2.24) is 0 Å². The molecule has 0 saturated carbocycles. The first-order chi connectivity index (χ1) is 6.40. The van der Waals surface area contributed by atoms with Crippen molar-refractivity contribution in [2.75, 3.05) is 0 Å². The molecule has 0 spiro atoms. The molecule has 0 saturated heterocycles. The molecule has 0 amide bonds. The topological polar surface area (TPSA) is 69.4 Å². The third-order valence-corrected chi connectivity index (χ3v) is 2.03. The zero-order valence-corrected chi connectivity index (χ0v) is 9.02. The van der Waals surface area contributed by atoms with Crippen LogP contribution in [0.5, 0.6) is 0 Å². The van der Waals surface area contributed by atoms with Gasteiger partial charge in [-0.3, -0.25) is 14.9 Å². The summed E-state index contributed by atoms with van der Waals surface area (Å²) in [4.78, 5) is 21.0. The number of rotatable bonds is 5. The number of nitro groups is 1. The third-order valence-electron chi connectivity index (χ3n) is 2.03. The van der Waals surface area contributed by atoms with Crippen molar-refractivity contribution in [3.05, 3.63) is 10.1 Å². The maximum atomic E-state index is 10.8. The predicted octanol–water partition coefficient (Wildman–Crippen LogP) is 1.63. The highest BCUT2D eigenvalue weighted by atomic mass is 16.6. The summed E-state index contributed by atoms with van der Waals surface area (Å²) in [6.45, 7) is 6.59. The van der Waals surface area contributed by atoms with Crippen molar-refractivity contribution in [2.24, 2.45) is 5.92 Å². The molecule has 0 aromatic heterocycles. The van der Waals surface area contributed by atoms with Crippen molar-refractivity contribution < 1.29 is 14.5 Å². The van der Waals surface area contributed by atoms with Crippen LogP contribution in [0.15, 0.2) is 0 Å². The Morgan fingerprint density at radius 1 is 1.50 bits per heavy atom. The SMILES string of the molecule is CC[C@H]([C@H](OC(C)=O)C(C)C)[N+](=O)[O-]. The second-order valence-electron chi connectivity index (χ2n) is 3.58. The number of esters is 1. The molecule has 0 heterocycles. The molecule has 0 aliphatic heterocycles. The molecule has 0 N–H and O–H groups in total. The molecule has 0 bridgehead atoms. The van der Waals surface area contributed by atoms with Gasteiger partial charge in [-0.05, 0) is 5.92 Å². The van der Waals surface area contributed by atoms with Gasteiger partial charge in [-0.1, -0.05) is 20.8 Å². The van der Waals surface area contributed by atoms with Crippen molar-refractivity contribution >= 4 is 5.97 Å². The Morgan fingerprint density at radius 2 is 2.00 bits per heavy atom. The number of carbonyl (C=O) groups is 1. The molecule has 0 aliphatic rings. The number of hydrogen-bond donors (Lipinski definition) is 0. The summed E-state index contributed by atoms with van der Waals surface area (Å²) in [6, 6.07) is -0.807.